The zero-order chi connectivity index (χ0) is 9.68. The molecular weight excluding hydrogens is 175 g/mol. The number of hydrogen-bond acceptors (Lipinski definition) is 2. The van der Waals surface area contributed by atoms with Gasteiger partial charge in [0.25, 0.3) is 0 Å². The van der Waals surface area contributed by atoms with E-state index in [1.54, 1.807) is 0 Å². The molecule has 1 aliphatic heterocycles. The Morgan fingerprint density at radius 3 is 2.62 bits per heavy atom. The van der Waals surface area contributed by atoms with E-state index in [0.29, 0.717) is 13.2 Å². The number of rotatable bonds is 4. The first-order chi connectivity index (χ1) is 6.24. The minimum absolute atomic E-state index is 0.0544. The molecule has 76 valence electrons. The maximum atomic E-state index is 12.5. The van der Waals surface area contributed by atoms with Crippen molar-refractivity contribution in [2.75, 3.05) is 19.9 Å². The molecule has 1 atom stereocenters. The lowest BCUT2D eigenvalue weighted by molar-refractivity contribution is -0.139. The first kappa shape index (κ1) is 10.4. The van der Waals surface area contributed by atoms with Gasteiger partial charge < -0.3 is 9.84 Å². The molecule has 0 aromatic rings. The second-order valence-electron chi connectivity index (χ2n) is 3.46. The van der Waals surface area contributed by atoms with Gasteiger partial charge in [0.1, 0.15) is 0 Å². The highest BCUT2D eigenvalue weighted by Gasteiger charge is 2.25. The topological polar surface area (TPSA) is 46.5 Å². The molecule has 1 fully saturated rings. The van der Waals surface area contributed by atoms with Crippen molar-refractivity contribution >= 4 is 5.97 Å². The summed E-state index contributed by atoms with van der Waals surface area (Å²) in [6.07, 6.45) is 1.53. The molecule has 0 amide bonds. The fraction of sp³-hybridized carbons (Fsp3) is 0.889. The van der Waals surface area contributed by atoms with E-state index in [9.17, 15) is 9.18 Å². The van der Waals surface area contributed by atoms with Crippen LogP contribution in [-0.4, -0.2) is 31.0 Å². The zero-order valence-corrected chi connectivity index (χ0v) is 7.54. The monoisotopic (exact) mass is 190 g/mol. The molecule has 0 bridgehead atoms. The first-order valence-electron chi connectivity index (χ1n) is 4.59. The van der Waals surface area contributed by atoms with E-state index >= 15 is 0 Å². The van der Waals surface area contributed by atoms with Crippen LogP contribution in [-0.2, 0) is 9.53 Å². The Morgan fingerprint density at radius 2 is 2.15 bits per heavy atom. The number of aliphatic carboxylic acids is 1. The minimum atomic E-state index is -0.908. The van der Waals surface area contributed by atoms with Gasteiger partial charge in [0.15, 0.2) is 0 Å². The SMILES string of the molecule is O=C(O)CC(CF)C1CCOCC1. The molecule has 1 saturated heterocycles. The number of carbonyl (C=O) groups is 1. The average Bonchev–Trinajstić information content (AvgIpc) is 2.15. The number of alkyl halides is 1. The summed E-state index contributed by atoms with van der Waals surface area (Å²) in [7, 11) is 0. The van der Waals surface area contributed by atoms with Crippen LogP contribution in [0.15, 0.2) is 0 Å². The fourth-order valence-electron chi connectivity index (χ4n) is 1.76. The predicted octanol–water partition coefficient (Wildman–Crippen LogP) is 1.47. The van der Waals surface area contributed by atoms with Gasteiger partial charge in [-0.15, -0.1) is 0 Å². The maximum absolute atomic E-state index is 12.5. The van der Waals surface area contributed by atoms with Crippen LogP contribution < -0.4 is 0 Å². The number of halogens is 1. The molecule has 13 heavy (non-hydrogen) atoms. The Labute approximate surface area is 76.9 Å². The van der Waals surface area contributed by atoms with Crippen LogP contribution in [0.4, 0.5) is 4.39 Å². The Balaban J connectivity index is 2.39. The summed E-state index contributed by atoms with van der Waals surface area (Å²) in [6, 6.07) is 0. The van der Waals surface area contributed by atoms with Gasteiger partial charge in [-0.3, -0.25) is 9.18 Å². The van der Waals surface area contributed by atoms with Crippen molar-refractivity contribution in [2.24, 2.45) is 11.8 Å². The standard InChI is InChI=1S/C9H15FO3/c10-6-8(5-9(11)12)7-1-3-13-4-2-7/h7-8H,1-6H2,(H,11,12). The maximum Gasteiger partial charge on any atom is 0.303 e. The van der Waals surface area contributed by atoms with E-state index in [2.05, 4.69) is 0 Å². The lowest BCUT2D eigenvalue weighted by atomic mass is 9.85. The molecule has 0 spiro atoms. The summed E-state index contributed by atoms with van der Waals surface area (Å²) in [5.41, 5.74) is 0. The highest BCUT2D eigenvalue weighted by molar-refractivity contribution is 5.67. The lowest BCUT2D eigenvalue weighted by Gasteiger charge is -2.27. The summed E-state index contributed by atoms with van der Waals surface area (Å²) >= 11 is 0. The summed E-state index contributed by atoms with van der Waals surface area (Å²) in [5.74, 6) is -1.04. The fourth-order valence-corrected chi connectivity index (χ4v) is 1.76. The van der Waals surface area contributed by atoms with Gasteiger partial charge in [-0.2, -0.15) is 0 Å². The van der Waals surface area contributed by atoms with E-state index in [1.807, 2.05) is 0 Å². The molecule has 1 rings (SSSR count). The van der Waals surface area contributed by atoms with Crippen LogP contribution >= 0.6 is 0 Å². The summed E-state index contributed by atoms with van der Waals surface area (Å²) in [6.45, 7) is 0.749. The molecule has 3 nitrogen and oxygen atoms in total. The molecule has 4 heteroatoms. The normalized spacial score (nSPS) is 21.3. The van der Waals surface area contributed by atoms with Crippen molar-refractivity contribution in [3.05, 3.63) is 0 Å². The molecular formula is C9H15FO3. The molecule has 0 saturated carbocycles. The smallest absolute Gasteiger partial charge is 0.303 e. The van der Waals surface area contributed by atoms with Crippen molar-refractivity contribution in [1.29, 1.82) is 0 Å². The Morgan fingerprint density at radius 1 is 1.54 bits per heavy atom. The quantitative estimate of drug-likeness (QED) is 0.730. The summed E-state index contributed by atoms with van der Waals surface area (Å²) < 4.78 is 17.6. The van der Waals surface area contributed by atoms with Gasteiger partial charge in [0, 0.05) is 19.1 Å². The number of ether oxygens (including phenoxy) is 1. The first-order valence-corrected chi connectivity index (χ1v) is 4.59. The number of carboxylic acid groups (broad SMARTS) is 1. The Bertz CT molecular complexity index is 166. The lowest BCUT2D eigenvalue weighted by Crippen LogP contribution is -2.26. The minimum Gasteiger partial charge on any atom is -0.481 e. The second kappa shape index (κ2) is 5.17. The van der Waals surface area contributed by atoms with E-state index in [4.69, 9.17) is 9.84 Å². The molecule has 0 aromatic heterocycles. The van der Waals surface area contributed by atoms with E-state index < -0.39 is 12.6 Å². The summed E-state index contributed by atoms with van der Waals surface area (Å²) in [5, 5.41) is 8.55. The molecule has 0 radical (unpaired) electrons. The molecule has 1 N–H and O–H groups in total. The highest BCUT2D eigenvalue weighted by Crippen LogP contribution is 2.26. The van der Waals surface area contributed by atoms with Crippen LogP contribution in [0.25, 0.3) is 0 Å². The van der Waals surface area contributed by atoms with Crippen molar-refractivity contribution in [3.8, 4) is 0 Å². The molecule has 1 aliphatic rings. The molecule has 0 aromatic carbocycles. The van der Waals surface area contributed by atoms with Gasteiger partial charge >= 0.3 is 5.97 Å². The summed E-state index contributed by atoms with van der Waals surface area (Å²) in [4.78, 5) is 10.4. The van der Waals surface area contributed by atoms with Gasteiger partial charge in [-0.25, -0.2) is 0 Å². The van der Waals surface area contributed by atoms with Crippen molar-refractivity contribution in [2.45, 2.75) is 19.3 Å². The largest absolute Gasteiger partial charge is 0.481 e. The van der Waals surface area contributed by atoms with Crippen LogP contribution in [0.3, 0.4) is 0 Å². The third-order valence-electron chi connectivity index (χ3n) is 2.57. The van der Waals surface area contributed by atoms with Crippen LogP contribution in [0.1, 0.15) is 19.3 Å². The zero-order valence-electron chi connectivity index (χ0n) is 7.54. The van der Waals surface area contributed by atoms with Gasteiger partial charge in [-0.1, -0.05) is 0 Å². The van der Waals surface area contributed by atoms with Gasteiger partial charge in [0.05, 0.1) is 13.1 Å². The number of carboxylic acids is 1. The van der Waals surface area contributed by atoms with Crippen LogP contribution in [0.2, 0.25) is 0 Å². The van der Waals surface area contributed by atoms with E-state index in [-0.39, 0.29) is 18.3 Å². The van der Waals surface area contributed by atoms with Crippen LogP contribution in [0, 0.1) is 11.8 Å². The molecule has 1 heterocycles. The highest BCUT2D eigenvalue weighted by atomic mass is 19.1. The Hall–Kier alpha value is -0.640. The average molecular weight is 190 g/mol. The third-order valence-corrected chi connectivity index (χ3v) is 2.57. The van der Waals surface area contributed by atoms with E-state index in [1.165, 1.54) is 0 Å². The van der Waals surface area contributed by atoms with Crippen LogP contribution in [0.5, 0.6) is 0 Å². The van der Waals surface area contributed by atoms with Crippen molar-refractivity contribution < 1.29 is 19.0 Å². The van der Waals surface area contributed by atoms with Gasteiger partial charge in [0.2, 0.25) is 0 Å². The molecule has 1 unspecified atom stereocenters. The van der Waals surface area contributed by atoms with E-state index in [0.717, 1.165) is 12.8 Å². The number of hydrogen-bond donors (Lipinski definition) is 1. The van der Waals surface area contributed by atoms with Gasteiger partial charge in [-0.05, 0) is 18.8 Å². The Kier molecular flexibility index (Phi) is 4.15. The second-order valence-corrected chi connectivity index (χ2v) is 3.46. The third kappa shape index (κ3) is 3.30. The van der Waals surface area contributed by atoms with Crippen molar-refractivity contribution in [3.63, 3.8) is 0 Å². The molecule has 0 aliphatic carbocycles. The predicted molar refractivity (Wildman–Crippen MR) is 45.3 cm³/mol. The van der Waals surface area contributed by atoms with Crippen molar-refractivity contribution in [1.82, 2.24) is 0 Å².